The molecule has 1 aromatic rings. The van der Waals surface area contributed by atoms with E-state index in [9.17, 15) is 9.90 Å². The lowest BCUT2D eigenvalue weighted by Crippen LogP contribution is -1.92. The van der Waals surface area contributed by atoms with Gasteiger partial charge in [-0.15, -0.1) is 11.6 Å². The standard InChI is InChI=1S/C11H9ClO3/c1-15-10-5-4-8(3-2-6-12)9(7-13)11(10)14/h4-5,7,14H,6H2,1H3. The third kappa shape index (κ3) is 2.42. The Labute approximate surface area is 92.6 Å². The van der Waals surface area contributed by atoms with Gasteiger partial charge >= 0.3 is 0 Å². The highest BCUT2D eigenvalue weighted by Crippen LogP contribution is 2.30. The molecule has 78 valence electrons. The molecule has 0 atom stereocenters. The molecular weight excluding hydrogens is 216 g/mol. The third-order valence-corrected chi connectivity index (χ3v) is 1.94. The Kier molecular flexibility index (Phi) is 4.02. The Hall–Kier alpha value is -1.66. The van der Waals surface area contributed by atoms with Crippen LogP contribution in [0.1, 0.15) is 15.9 Å². The quantitative estimate of drug-likeness (QED) is 0.473. The zero-order valence-corrected chi connectivity index (χ0v) is 8.84. The molecule has 0 aliphatic rings. The number of carbonyl (C=O) groups is 1. The average molecular weight is 225 g/mol. The Morgan fingerprint density at radius 1 is 1.60 bits per heavy atom. The summed E-state index contributed by atoms with van der Waals surface area (Å²) in [6, 6.07) is 3.14. The Bertz CT molecular complexity index is 429. The molecule has 1 N–H and O–H groups in total. The summed E-state index contributed by atoms with van der Waals surface area (Å²) < 4.78 is 4.86. The fraction of sp³-hybridized carbons (Fsp3) is 0.182. The van der Waals surface area contributed by atoms with E-state index in [0.717, 1.165) is 0 Å². The van der Waals surface area contributed by atoms with Gasteiger partial charge in [0.2, 0.25) is 0 Å². The number of benzene rings is 1. The van der Waals surface area contributed by atoms with Crippen molar-refractivity contribution in [1.82, 2.24) is 0 Å². The molecule has 0 aliphatic carbocycles. The smallest absolute Gasteiger partial charge is 0.169 e. The van der Waals surface area contributed by atoms with Gasteiger partial charge in [0, 0.05) is 5.56 Å². The van der Waals surface area contributed by atoms with Crippen molar-refractivity contribution in [3.05, 3.63) is 23.3 Å². The SMILES string of the molecule is COc1ccc(C#CCCl)c(C=O)c1O. The van der Waals surface area contributed by atoms with Gasteiger partial charge in [0.1, 0.15) is 0 Å². The number of phenols is 1. The zero-order valence-electron chi connectivity index (χ0n) is 8.08. The van der Waals surface area contributed by atoms with Crippen molar-refractivity contribution in [2.45, 2.75) is 0 Å². The van der Waals surface area contributed by atoms with E-state index in [-0.39, 0.29) is 22.9 Å². The molecule has 1 aromatic carbocycles. The number of hydrogen-bond acceptors (Lipinski definition) is 3. The Morgan fingerprint density at radius 2 is 2.33 bits per heavy atom. The third-order valence-electron chi connectivity index (χ3n) is 1.81. The first-order valence-corrected chi connectivity index (χ1v) is 4.68. The summed E-state index contributed by atoms with van der Waals surface area (Å²) in [6.45, 7) is 0. The molecule has 0 spiro atoms. The molecule has 0 aromatic heterocycles. The maximum Gasteiger partial charge on any atom is 0.169 e. The number of aromatic hydroxyl groups is 1. The second-order valence-corrected chi connectivity index (χ2v) is 2.90. The van der Waals surface area contributed by atoms with Crippen LogP contribution in [0.2, 0.25) is 0 Å². The Balaban J connectivity index is 3.30. The van der Waals surface area contributed by atoms with Gasteiger partial charge in [-0.2, -0.15) is 0 Å². The molecule has 15 heavy (non-hydrogen) atoms. The van der Waals surface area contributed by atoms with Crippen molar-refractivity contribution < 1.29 is 14.6 Å². The van der Waals surface area contributed by atoms with Gasteiger partial charge in [-0.1, -0.05) is 11.8 Å². The van der Waals surface area contributed by atoms with E-state index in [1.807, 2.05) is 0 Å². The highest BCUT2D eigenvalue weighted by Gasteiger charge is 2.10. The number of phenolic OH excluding ortho intramolecular Hbond substituents is 1. The minimum absolute atomic E-state index is 0.118. The summed E-state index contributed by atoms with van der Waals surface area (Å²) in [5, 5.41) is 9.61. The molecule has 0 aliphatic heterocycles. The van der Waals surface area contributed by atoms with Crippen molar-refractivity contribution in [2.75, 3.05) is 13.0 Å². The summed E-state index contributed by atoms with van der Waals surface area (Å²) in [7, 11) is 1.41. The second kappa shape index (κ2) is 5.28. The molecule has 0 bridgehead atoms. The molecule has 0 unspecified atom stereocenters. The normalized spacial score (nSPS) is 8.93. The van der Waals surface area contributed by atoms with Crippen LogP contribution >= 0.6 is 11.6 Å². The van der Waals surface area contributed by atoms with E-state index in [0.29, 0.717) is 11.8 Å². The zero-order chi connectivity index (χ0) is 11.3. The topological polar surface area (TPSA) is 46.5 Å². The van der Waals surface area contributed by atoms with Crippen LogP contribution < -0.4 is 4.74 Å². The second-order valence-electron chi connectivity index (χ2n) is 2.63. The molecule has 0 heterocycles. The monoisotopic (exact) mass is 224 g/mol. The Morgan fingerprint density at radius 3 is 2.87 bits per heavy atom. The predicted molar refractivity (Wildman–Crippen MR) is 57.6 cm³/mol. The van der Waals surface area contributed by atoms with Crippen LogP contribution in [0.3, 0.4) is 0 Å². The van der Waals surface area contributed by atoms with Gasteiger partial charge in [0.15, 0.2) is 17.8 Å². The van der Waals surface area contributed by atoms with Gasteiger partial charge in [0.05, 0.1) is 18.6 Å². The molecule has 0 amide bonds. The predicted octanol–water partition coefficient (Wildman–Crippen LogP) is 1.80. The lowest BCUT2D eigenvalue weighted by Gasteiger charge is -2.06. The number of carbonyl (C=O) groups excluding carboxylic acids is 1. The molecule has 3 nitrogen and oxygen atoms in total. The van der Waals surface area contributed by atoms with Crippen molar-refractivity contribution >= 4 is 17.9 Å². The first-order chi connectivity index (χ1) is 7.24. The number of halogens is 1. The van der Waals surface area contributed by atoms with Gasteiger partial charge in [0.25, 0.3) is 0 Å². The van der Waals surface area contributed by atoms with Crippen LogP contribution in [0.5, 0.6) is 11.5 Å². The number of aldehydes is 1. The summed E-state index contributed by atoms with van der Waals surface area (Å²) >= 11 is 5.40. The molecule has 0 fully saturated rings. The molecule has 1 rings (SSSR count). The molecule has 0 radical (unpaired) electrons. The van der Waals surface area contributed by atoms with E-state index in [2.05, 4.69) is 11.8 Å². The van der Waals surface area contributed by atoms with E-state index < -0.39 is 0 Å². The highest BCUT2D eigenvalue weighted by molar-refractivity contribution is 6.19. The van der Waals surface area contributed by atoms with Gasteiger partial charge in [-0.05, 0) is 12.1 Å². The van der Waals surface area contributed by atoms with E-state index in [1.54, 1.807) is 12.1 Å². The van der Waals surface area contributed by atoms with Crippen LogP contribution in [0, 0.1) is 11.8 Å². The minimum atomic E-state index is -0.200. The number of hydrogen-bond donors (Lipinski definition) is 1. The maximum absolute atomic E-state index is 10.8. The first-order valence-electron chi connectivity index (χ1n) is 4.14. The van der Waals surface area contributed by atoms with E-state index in [4.69, 9.17) is 16.3 Å². The number of methoxy groups -OCH3 is 1. The van der Waals surface area contributed by atoms with Crippen molar-refractivity contribution in [2.24, 2.45) is 0 Å². The molecule has 0 saturated heterocycles. The molecule has 4 heteroatoms. The highest BCUT2D eigenvalue weighted by atomic mass is 35.5. The first kappa shape index (κ1) is 11.4. The van der Waals surface area contributed by atoms with E-state index >= 15 is 0 Å². The van der Waals surface area contributed by atoms with Gasteiger partial charge < -0.3 is 9.84 Å². The van der Waals surface area contributed by atoms with Crippen molar-refractivity contribution in [3.8, 4) is 23.3 Å². The lowest BCUT2D eigenvalue weighted by molar-refractivity contribution is 0.112. The van der Waals surface area contributed by atoms with Crippen LogP contribution in [0.25, 0.3) is 0 Å². The minimum Gasteiger partial charge on any atom is -0.504 e. The van der Waals surface area contributed by atoms with E-state index in [1.165, 1.54) is 7.11 Å². The van der Waals surface area contributed by atoms with Crippen molar-refractivity contribution in [3.63, 3.8) is 0 Å². The van der Waals surface area contributed by atoms with Crippen LogP contribution in [-0.2, 0) is 0 Å². The van der Waals surface area contributed by atoms with Crippen LogP contribution in [0.4, 0.5) is 0 Å². The molecule has 0 saturated carbocycles. The summed E-state index contributed by atoms with van der Waals surface area (Å²) in [4.78, 5) is 10.8. The fourth-order valence-corrected chi connectivity index (χ4v) is 1.18. The van der Waals surface area contributed by atoms with Crippen LogP contribution in [0.15, 0.2) is 12.1 Å². The van der Waals surface area contributed by atoms with Crippen LogP contribution in [-0.4, -0.2) is 24.4 Å². The number of rotatable bonds is 2. The number of alkyl halides is 1. The molecular formula is C11H9ClO3. The summed E-state index contributed by atoms with van der Waals surface area (Å²) in [5.41, 5.74) is 0.552. The van der Waals surface area contributed by atoms with Crippen molar-refractivity contribution in [1.29, 1.82) is 0 Å². The maximum atomic E-state index is 10.8. The largest absolute Gasteiger partial charge is 0.504 e. The summed E-state index contributed by atoms with van der Waals surface area (Å²) in [6.07, 6.45) is 0.538. The van der Waals surface area contributed by atoms with Gasteiger partial charge in [-0.25, -0.2) is 0 Å². The van der Waals surface area contributed by atoms with Gasteiger partial charge in [-0.3, -0.25) is 4.79 Å². The lowest BCUT2D eigenvalue weighted by atomic mass is 10.1. The summed E-state index contributed by atoms with van der Waals surface area (Å²) in [5.74, 6) is 5.50. The fourth-order valence-electron chi connectivity index (χ4n) is 1.11. The number of ether oxygens (including phenoxy) is 1. The average Bonchev–Trinajstić information content (AvgIpc) is 2.26.